The van der Waals surface area contributed by atoms with Gasteiger partial charge in [0.05, 0.1) is 18.8 Å². The number of aliphatic hydroxyl groups excluding tert-OH is 3. The molecule has 0 aromatic carbocycles. The molecule has 0 heterocycles. The van der Waals surface area contributed by atoms with Gasteiger partial charge in [0.15, 0.2) is 0 Å². The van der Waals surface area contributed by atoms with Crippen molar-refractivity contribution in [3.63, 3.8) is 0 Å². The lowest BCUT2D eigenvalue weighted by Gasteiger charge is -2.14. The molecular formula is C20H34O3. The molecule has 3 heteroatoms. The highest BCUT2D eigenvalue weighted by atomic mass is 16.3. The molecule has 132 valence electrons. The van der Waals surface area contributed by atoms with Gasteiger partial charge in [-0.15, -0.1) is 0 Å². The predicted octanol–water partition coefficient (Wildman–Crippen LogP) is 4.07. The molecule has 0 spiro atoms. The average molecular weight is 322 g/mol. The van der Waals surface area contributed by atoms with E-state index in [-0.39, 0.29) is 6.61 Å². The van der Waals surface area contributed by atoms with Gasteiger partial charge in [-0.2, -0.15) is 0 Å². The molecule has 0 saturated carbocycles. The van der Waals surface area contributed by atoms with Crippen molar-refractivity contribution in [1.29, 1.82) is 0 Å². The van der Waals surface area contributed by atoms with E-state index >= 15 is 0 Å². The molecule has 2 atom stereocenters. The van der Waals surface area contributed by atoms with Crippen molar-refractivity contribution in [1.82, 2.24) is 0 Å². The molecule has 0 fully saturated rings. The minimum atomic E-state index is -0.513. The van der Waals surface area contributed by atoms with E-state index in [0.29, 0.717) is 12.8 Å². The van der Waals surface area contributed by atoms with E-state index in [1.54, 1.807) is 6.08 Å². The van der Waals surface area contributed by atoms with Crippen LogP contribution in [0, 0.1) is 0 Å². The Morgan fingerprint density at radius 1 is 0.957 bits per heavy atom. The van der Waals surface area contributed by atoms with E-state index in [9.17, 15) is 10.2 Å². The van der Waals surface area contributed by atoms with Gasteiger partial charge in [-0.25, -0.2) is 0 Å². The molecule has 0 aliphatic heterocycles. The summed E-state index contributed by atoms with van der Waals surface area (Å²) in [6, 6.07) is 0. The van der Waals surface area contributed by atoms with Crippen LogP contribution in [-0.4, -0.2) is 34.1 Å². The van der Waals surface area contributed by atoms with Gasteiger partial charge in [-0.3, -0.25) is 0 Å². The molecule has 0 aliphatic rings. The predicted molar refractivity (Wildman–Crippen MR) is 98.3 cm³/mol. The topological polar surface area (TPSA) is 60.7 Å². The van der Waals surface area contributed by atoms with Crippen LogP contribution < -0.4 is 0 Å². The maximum Gasteiger partial charge on any atom is 0.0781 e. The van der Waals surface area contributed by atoms with Crippen LogP contribution in [0.1, 0.15) is 59.8 Å². The zero-order chi connectivity index (χ0) is 17.8. The molecule has 0 rings (SSSR count). The average Bonchev–Trinajstić information content (AvgIpc) is 2.50. The van der Waals surface area contributed by atoms with Crippen LogP contribution in [0.25, 0.3) is 0 Å². The van der Waals surface area contributed by atoms with Crippen LogP contribution in [0.4, 0.5) is 0 Å². The second-order valence-corrected chi connectivity index (χ2v) is 6.47. The van der Waals surface area contributed by atoms with Crippen LogP contribution in [0.3, 0.4) is 0 Å². The van der Waals surface area contributed by atoms with Crippen molar-refractivity contribution in [2.45, 2.75) is 72.0 Å². The third-order valence-electron chi connectivity index (χ3n) is 3.93. The molecule has 0 bridgehead atoms. The third-order valence-corrected chi connectivity index (χ3v) is 3.93. The standard InChI is InChI=1S/C20H34O3/c1-15(2)9-11-19(22)17(4)7-6-8-18(5)20(23)12-10-16(3)13-14-21/h7,9,13,19-23H,5-6,8,10-12,14H2,1-4H3/b16-13+,17-7+. The normalized spacial score (nSPS) is 15.3. The number of hydrogen-bond donors (Lipinski definition) is 3. The van der Waals surface area contributed by atoms with E-state index in [0.717, 1.165) is 36.0 Å². The first-order valence-electron chi connectivity index (χ1n) is 8.38. The fourth-order valence-corrected chi connectivity index (χ4v) is 2.15. The van der Waals surface area contributed by atoms with Crippen LogP contribution >= 0.6 is 0 Å². The Balaban J connectivity index is 4.19. The molecule has 3 N–H and O–H groups in total. The first-order chi connectivity index (χ1) is 10.8. The van der Waals surface area contributed by atoms with Crippen molar-refractivity contribution in [2.24, 2.45) is 0 Å². The Morgan fingerprint density at radius 3 is 2.17 bits per heavy atom. The van der Waals surface area contributed by atoms with Gasteiger partial charge in [-0.1, -0.05) is 36.0 Å². The molecule has 0 amide bonds. The van der Waals surface area contributed by atoms with Gasteiger partial charge in [-0.05, 0) is 70.9 Å². The van der Waals surface area contributed by atoms with Crippen molar-refractivity contribution in [3.05, 3.63) is 47.1 Å². The first kappa shape index (κ1) is 21.8. The molecule has 23 heavy (non-hydrogen) atoms. The molecule has 0 radical (unpaired) electrons. The first-order valence-corrected chi connectivity index (χ1v) is 8.38. The Kier molecular flexibility index (Phi) is 11.7. The summed E-state index contributed by atoms with van der Waals surface area (Å²) in [6.45, 7) is 11.9. The molecule has 0 aliphatic carbocycles. The molecule has 0 aromatic rings. The van der Waals surface area contributed by atoms with Gasteiger partial charge in [0.25, 0.3) is 0 Å². The lowest BCUT2D eigenvalue weighted by molar-refractivity contribution is 0.197. The minimum absolute atomic E-state index is 0.0437. The smallest absolute Gasteiger partial charge is 0.0781 e. The SMILES string of the molecule is C=C(CC/C=C(\C)C(O)CC=C(C)C)C(O)CC/C(C)=C/CO. The van der Waals surface area contributed by atoms with Crippen molar-refractivity contribution in [2.75, 3.05) is 6.61 Å². The summed E-state index contributed by atoms with van der Waals surface area (Å²) < 4.78 is 0. The quantitative estimate of drug-likeness (QED) is 0.503. The lowest BCUT2D eigenvalue weighted by atomic mass is 9.98. The van der Waals surface area contributed by atoms with Gasteiger partial charge in [0.2, 0.25) is 0 Å². The monoisotopic (exact) mass is 322 g/mol. The van der Waals surface area contributed by atoms with Gasteiger partial charge >= 0.3 is 0 Å². The molecule has 2 unspecified atom stereocenters. The fourth-order valence-electron chi connectivity index (χ4n) is 2.15. The fraction of sp³-hybridized carbons (Fsp3) is 0.600. The highest BCUT2D eigenvalue weighted by molar-refractivity contribution is 5.11. The maximum absolute atomic E-state index is 10.1. The van der Waals surface area contributed by atoms with E-state index < -0.39 is 12.2 Å². The van der Waals surface area contributed by atoms with E-state index in [1.807, 2.05) is 39.8 Å². The van der Waals surface area contributed by atoms with Crippen LogP contribution in [0.5, 0.6) is 0 Å². The lowest BCUT2D eigenvalue weighted by Crippen LogP contribution is -2.10. The van der Waals surface area contributed by atoms with Crippen LogP contribution in [0.15, 0.2) is 47.1 Å². The molecule has 3 nitrogen and oxygen atoms in total. The summed E-state index contributed by atoms with van der Waals surface area (Å²) in [5, 5.41) is 28.9. The molecular weight excluding hydrogens is 288 g/mol. The molecule has 0 saturated heterocycles. The van der Waals surface area contributed by atoms with E-state index in [1.165, 1.54) is 5.57 Å². The number of hydrogen-bond acceptors (Lipinski definition) is 3. The Bertz CT molecular complexity index is 440. The van der Waals surface area contributed by atoms with Crippen molar-refractivity contribution in [3.8, 4) is 0 Å². The zero-order valence-electron chi connectivity index (χ0n) is 15.2. The molecule has 0 aromatic heterocycles. The van der Waals surface area contributed by atoms with Gasteiger partial charge < -0.3 is 15.3 Å². The van der Waals surface area contributed by atoms with Crippen LogP contribution in [0.2, 0.25) is 0 Å². The van der Waals surface area contributed by atoms with Gasteiger partial charge in [0, 0.05) is 0 Å². The van der Waals surface area contributed by atoms with Crippen molar-refractivity contribution < 1.29 is 15.3 Å². The number of rotatable bonds is 11. The van der Waals surface area contributed by atoms with Crippen LogP contribution in [-0.2, 0) is 0 Å². The highest BCUT2D eigenvalue weighted by Gasteiger charge is 2.09. The minimum Gasteiger partial charge on any atom is -0.392 e. The summed E-state index contributed by atoms with van der Waals surface area (Å²) in [5.41, 5.74) is 4.08. The third kappa shape index (κ3) is 11.1. The highest BCUT2D eigenvalue weighted by Crippen LogP contribution is 2.17. The largest absolute Gasteiger partial charge is 0.392 e. The second-order valence-electron chi connectivity index (χ2n) is 6.47. The summed E-state index contributed by atoms with van der Waals surface area (Å²) in [4.78, 5) is 0. The summed E-state index contributed by atoms with van der Waals surface area (Å²) >= 11 is 0. The summed E-state index contributed by atoms with van der Waals surface area (Å²) in [6.07, 6.45) is 8.40. The zero-order valence-corrected chi connectivity index (χ0v) is 15.2. The maximum atomic E-state index is 10.1. The second kappa shape index (κ2) is 12.3. The summed E-state index contributed by atoms with van der Waals surface area (Å²) in [5.74, 6) is 0. The Labute approximate surface area is 141 Å². The number of allylic oxidation sites excluding steroid dienone is 3. The van der Waals surface area contributed by atoms with E-state index in [4.69, 9.17) is 5.11 Å². The van der Waals surface area contributed by atoms with E-state index in [2.05, 4.69) is 6.58 Å². The van der Waals surface area contributed by atoms with Crippen molar-refractivity contribution >= 4 is 0 Å². The number of aliphatic hydroxyl groups is 3. The Morgan fingerprint density at radius 2 is 1.61 bits per heavy atom. The Hall–Kier alpha value is -1.16. The summed E-state index contributed by atoms with van der Waals surface area (Å²) in [7, 11) is 0. The van der Waals surface area contributed by atoms with Gasteiger partial charge in [0.1, 0.15) is 0 Å².